The number of aliphatic hydroxyl groups is 1. The molecular weight excluding hydrogens is 444 g/mol. The number of hydrogen-bond acceptors (Lipinski definition) is 6. The smallest absolute Gasteiger partial charge is 0.308 e. The minimum atomic E-state index is -0.988. The molecule has 9 heteroatoms. The van der Waals surface area contributed by atoms with Crippen molar-refractivity contribution in [1.29, 1.82) is 0 Å². The van der Waals surface area contributed by atoms with Gasteiger partial charge in [-0.05, 0) is 50.5 Å². The van der Waals surface area contributed by atoms with Crippen molar-refractivity contribution in [3.8, 4) is 5.75 Å². The van der Waals surface area contributed by atoms with Gasteiger partial charge in [0.15, 0.2) is 0 Å². The van der Waals surface area contributed by atoms with Gasteiger partial charge in [0.25, 0.3) is 5.91 Å². The van der Waals surface area contributed by atoms with E-state index in [1.807, 2.05) is 6.92 Å². The van der Waals surface area contributed by atoms with Gasteiger partial charge in [0, 0.05) is 30.1 Å². The standard InChI is InChI=1S/C24H30N2O6S/c1-4-12-25(15-6-8-16(32-3)9-7-15)21(29)19-24-11-10-23(2,33-24)18(22(30)31)17(24)20(28)26(19)13-5-14-27/h4,6-9,17-19,27H,1,5,10-14H2,2-3H3,(H,30,31)/t17-,18+,19?,23-,24?/m0/s1. The van der Waals surface area contributed by atoms with E-state index in [9.17, 15) is 24.6 Å². The molecule has 3 fully saturated rings. The van der Waals surface area contributed by atoms with Crippen LogP contribution in [0.25, 0.3) is 0 Å². The molecule has 1 spiro atoms. The highest BCUT2D eigenvalue weighted by Gasteiger charge is 2.77. The minimum absolute atomic E-state index is 0.121. The lowest BCUT2D eigenvalue weighted by molar-refractivity contribution is -0.150. The van der Waals surface area contributed by atoms with Crippen molar-refractivity contribution < 1.29 is 29.3 Å². The summed E-state index contributed by atoms with van der Waals surface area (Å²) in [5.41, 5.74) is 0.647. The number of fused-ring (bicyclic) bond motifs is 1. The second-order valence-corrected chi connectivity index (χ2v) is 11.0. The molecule has 0 saturated carbocycles. The molecule has 3 aliphatic heterocycles. The molecule has 2 unspecified atom stereocenters. The Morgan fingerprint density at radius 2 is 2.03 bits per heavy atom. The van der Waals surface area contributed by atoms with Gasteiger partial charge in [0.1, 0.15) is 11.8 Å². The molecule has 0 aliphatic carbocycles. The van der Waals surface area contributed by atoms with Crippen molar-refractivity contribution in [2.45, 2.75) is 41.7 Å². The molecule has 3 saturated heterocycles. The van der Waals surface area contributed by atoms with Gasteiger partial charge in [0.05, 0.1) is 23.7 Å². The van der Waals surface area contributed by atoms with E-state index in [1.165, 1.54) is 16.7 Å². The molecule has 2 amide bonds. The number of hydrogen-bond donors (Lipinski definition) is 2. The van der Waals surface area contributed by atoms with Crippen LogP contribution >= 0.6 is 11.8 Å². The Morgan fingerprint density at radius 3 is 2.61 bits per heavy atom. The molecule has 178 valence electrons. The topological polar surface area (TPSA) is 107 Å². The first-order chi connectivity index (χ1) is 15.7. The number of methoxy groups -OCH3 is 1. The number of aliphatic carboxylic acids is 1. The lowest BCUT2D eigenvalue weighted by atomic mass is 9.66. The third-order valence-electron chi connectivity index (χ3n) is 7.30. The summed E-state index contributed by atoms with van der Waals surface area (Å²) in [4.78, 5) is 43.1. The molecule has 0 radical (unpaired) electrons. The fourth-order valence-electron chi connectivity index (χ4n) is 5.92. The fraction of sp³-hybridized carbons (Fsp3) is 0.542. The van der Waals surface area contributed by atoms with Crippen molar-refractivity contribution in [2.24, 2.45) is 11.8 Å². The molecule has 2 bridgehead atoms. The Kier molecular flexibility index (Phi) is 6.22. The maximum absolute atomic E-state index is 14.1. The number of carbonyl (C=O) groups excluding carboxylic acids is 2. The zero-order chi connectivity index (χ0) is 24.0. The third-order valence-corrected chi connectivity index (χ3v) is 9.28. The molecule has 8 nitrogen and oxygen atoms in total. The Labute approximate surface area is 197 Å². The van der Waals surface area contributed by atoms with Crippen LogP contribution in [0, 0.1) is 11.8 Å². The van der Waals surface area contributed by atoms with Crippen molar-refractivity contribution in [3.63, 3.8) is 0 Å². The first-order valence-electron chi connectivity index (χ1n) is 11.1. The van der Waals surface area contributed by atoms with Gasteiger partial charge < -0.3 is 24.7 Å². The molecular formula is C24H30N2O6S. The highest BCUT2D eigenvalue weighted by atomic mass is 32.2. The van der Waals surface area contributed by atoms with Gasteiger partial charge in [-0.2, -0.15) is 0 Å². The van der Waals surface area contributed by atoms with Crippen LogP contribution in [-0.4, -0.2) is 75.2 Å². The van der Waals surface area contributed by atoms with Crippen LogP contribution in [0.1, 0.15) is 26.2 Å². The molecule has 5 atom stereocenters. The second kappa shape index (κ2) is 8.68. The van der Waals surface area contributed by atoms with Gasteiger partial charge in [0.2, 0.25) is 5.91 Å². The lowest BCUT2D eigenvalue weighted by Gasteiger charge is -2.37. The van der Waals surface area contributed by atoms with E-state index in [1.54, 1.807) is 42.4 Å². The molecule has 33 heavy (non-hydrogen) atoms. The van der Waals surface area contributed by atoms with Crippen LogP contribution in [0.3, 0.4) is 0 Å². The second-order valence-electron chi connectivity index (χ2n) is 9.11. The number of nitrogens with zero attached hydrogens (tertiary/aromatic N) is 2. The van der Waals surface area contributed by atoms with E-state index >= 15 is 0 Å². The first-order valence-corrected chi connectivity index (χ1v) is 12.0. The summed E-state index contributed by atoms with van der Waals surface area (Å²) in [5, 5.41) is 19.4. The largest absolute Gasteiger partial charge is 0.497 e. The van der Waals surface area contributed by atoms with Crippen molar-refractivity contribution in [1.82, 2.24) is 4.90 Å². The molecule has 4 rings (SSSR count). The number of benzene rings is 1. The summed E-state index contributed by atoms with van der Waals surface area (Å²) in [6, 6.07) is 6.29. The Bertz CT molecular complexity index is 968. The minimum Gasteiger partial charge on any atom is -0.497 e. The zero-order valence-corrected chi connectivity index (χ0v) is 19.7. The molecule has 2 N–H and O–H groups in total. The van der Waals surface area contributed by atoms with Crippen molar-refractivity contribution in [3.05, 3.63) is 36.9 Å². The Hall–Kier alpha value is -2.52. The lowest BCUT2D eigenvalue weighted by Crippen LogP contribution is -2.55. The maximum Gasteiger partial charge on any atom is 0.308 e. The molecule has 1 aromatic rings. The number of aliphatic hydroxyl groups excluding tert-OH is 1. The van der Waals surface area contributed by atoms with Crippen LogP contribution in [-0.2, 0) is 14.4 Å². The number of likely N-dealkylation sites (tertiary alicyclic amines) is 1. The molecule has 3 heterocycles. The van der Waals surface area contributed by atoms with Crippen LogP contribution in [0.15, 0.2) is 36.9 Å². The monoisotopic (exact) mass is 474 g/mol. The van der Waals surface area contributed by atoms with Crippen LogP contribution < -0.4 is 9.64 Å². The van der Waals surface area contributed by atoms with E-state index in [0.29, 0.717) is 30.7 Å². The third kappa shape index (κ3) is 3.52. The van der Waals surface area contributed by atoms with Gasteiger partial charge in [-0.15, -0.1) is 18.3 Å². The average molecular weight is 475 g/mol. The van der Waals surface area contributed by atoms with Gasteiger partial charge in [-0.25, -0.2) is 0 Å². The van der Waals surface area contributed by atoms with E-state index in [2.05, 4.69) is 6.58 Å². The predicted octanol–water partition coefficient (Wildman–Crippen LogP) is 2.16. The van der Waals surface area contributed by atoms with Crippen molar-refractivity contribution >= 4 is 35.2 Å². The number of carboxylic acid groups (broad SMARTS) is 1. The van der Waals surface area contributed by atoms with E-state index in [-0.39, 0.29) is 31.5 Å². The summed E-state index contributed by atoms with van der Waals surface area (Å²) in [6.07, 6.45) is 3.19. The highest BCUT2D eigenvalue weighted by molar-refractivity contribution is 8.02. The molecule has 0 aromatic heterocycles. The van der Waals surface area contributed by atoms with Gasteiger partial charge in [-0.1, -0.05) is 6.08 Å². The number of amides is 2. The van der Waals surface area contributed by atoms with E-state index < -0.39 is 33.3 Å². The van der Waals surface area contributed by atoms with E-state index in [0.717, 1.165) is 0 Å². The van der Waals surface area contributed by atoms with Crippen LogP contribution in [0.4, 0.5) is 5.69 Å². The number of carbonyl (C=O) groups is 3. The van der Waals surface area contributed by atoms with E-state index in [4.69, 9.17) is 4.74 Å². The molecule has 1 aromatic carbocycles. The van der Waals surface area contributed by atoms with Crippen LogP contribution in [0.5, 0.6) is 5.75 Å². The SMILES string of the molecule is C=CCN(C(=O)C1N(CCCO)C(=O)[C@@H]2[C@H](C(=O)O)[C@]3(C)CCC12S3)c1ccc(OC)cc1. The quantitative estimate of drug-likeness (QED) is 0.528. The summed E-state index contributed by atoms with van der Waals surface area (Å²) in [6.45, 7) is 6.03. The first kappa shape index (κ1) is 23.6. The number of rotatable bonds is 9. The zero-order valence-electron chi connectivity index (χ0n) is 18.9. The fourth-order valence-corrected chi connectivity index (χ4v) is 8.27. The summed E-state index contributed by atoms with van der Waals surface area (Å²) < 4.78 is 3.84. The highest BCUT2D eigenvalue weighted by Crippen LogP contribution is 2.71. The number of carboxylic acids is 1. The Morgan fingerprint density at radius 1 is 1.33 bits per heavy atom. The van der Waals surface area contributed by atoms with Gasteiger partial charge >= 0.3 is 5.97 Å². The summed E-state index contributed by atoms with van der Waals surface area (Å²) >= 11 is 1.50. The molecule has 3 aliphatic rings. The number of ether oxygens (including phenoxy) is 1. The number of thioether (sulfide) groups is 1. The average Bonchev–Trinajstić information content (AvgIpc) is 3.36. The predicted molar refractivity (Wildman–Crippen MR) is 125 cm³/mol. The summed E-state index contributed by atoms with van der Waals surface area (Å²) in [7, 11) is 1.57. The van der Waals surface area contributed by atoms with Crippen LogP contribution in [0.2, 0.25) is 0 Å². The summed E-state index contributed by atoms with van der Waals surface area (Å²) in [5.74, 6) is -2.47. The number of anilines is 1. The Balaban J connectivity index is 1.78. The van der Waals surface area contributed by atoms with Crippen molar-refractivity contribution in [2.75, 3.05) is 31.7 Å². The maximum atomic E-state index is 14.1. The normalized spacial score (nSPS) is 32.0. The van der Waals surface area contributed by atoms with Gasteiger partial charge in [-0.3, -0.25) is 14.4 Å².